The van der Waals surface area contributed by atoms with Crippen LogP contribution < -0.4 is 0 Å². The van der Waals surface area contributed by atoms with Gasteiger partial charge in [0.25, 0.3) is 0 Å². The minimum Gasteiger partial charge on any atom is -0.227 e. The van der Waals surface area contributed by atoms with E-state index >= 15 is 0 Å². The number of aryl methyl sites for hydroxylation is 1. The van der Waals surface area contributed by atoms with Gasteiger partial charge in [-0.25, -0.2) is 9.97 Å². The predicted octanol–water partition coefficient (Wildman–Crippen LogP) is 3.86. The average molecular weight is 243 g/mol. The molecule has 0 radical (unpaired) electrons. The van der Waals surface area contributed by atoms with Crippen molar-refractivity contribution in [3.05, 3.63) is 17.0 Å². The van der Waals surface area contributed by atoms with Crippen LogP contribution in [0, 0.1) is 6.92 Å². The molecule has 1 aromatic heterocycles. The lowest BCUT2D eigenvalue weighted by atomic mass is 10.0. The summed E-state index contributed by atoms with van der Waals surface area (Å²) >= 11 is 7.76. The molecule has 1 fully saturated rings. The Hall–Kier alpha value is -0.280. The zero-order chi connectivity index (χ0) is 10.7. The van der Waals surface area contributed by atoms with Crippen LogP contribution in [0.3, 0.4) is 0 Å². The lowest BCUT2D eigenvalue weighted by molar-refractivity contribution is 0.515. The Morgan fingerprint density at radius 2 is 2.00 bits per heavy atom. The van der Waals surface area contributed by atoms with E-state index in [0.29, 0.717) is 5.15 Å². The fraction of sp³-hybridized carbons (Fsp3) is 0.636. The van der Waals surface area contributed by atoms with Crippen molar-refractivity contribution in [1.29, 1.82) is 0 Å². The Labute approximate surface area is 99.8 Å². The van der Waals surface area contributed by atoms with Gasteiger partial charge in [-0.05, 0) is 19.8 Å². The summed E-state index contributed by atoms with van der Waals surface area (Å²) in [4.78, 5) is 8.46. The molecule has 0 amide bonds. The third-order valence-corrected chi connectivity index (χ3v) is 4.07. The highest BCUT2D eigenvalue weighted by Crippen LogP contribution is 2.33. The first-order valence-electron chi connectivity index (χ1n) is 5.42. The van der Waals surface area contributed by atoms with Gasteiger partial charge >= 0.3 is 0 Å². The number of aromatic nitrogens is 2. The SMILES string of the molecule is Cc1nc(Cl)cc(SC2CCCCC2)n1. The lowest BCUT2D eigenvalue weighted by Crippen LogP contribution is -2.08. The Kier molecular flexibility index (Phi) is 3.87. The molecule has 0 N–H and O–H groups in total. The number of hydrogen-bond donors (Lipinski definition) is 0. The summed E-state index contributed by atoms with van der Waals surface area (Å²) in [6, 6.07) is 1.87. The van der Waals surface area contributed by atoms with E-state index in [2.05, 4.69) is 9.97 Å². The quantitative estimate of drug-likeness (QED) is 0.737. The van der Waals surface area contributed by atoms with E-state index in [9.17, 15) is 0 Å². The first kappa shape index (κ1) is 11.2. The summed E-state index contributed by atoms with van der Waals surface area (Å²) in [5, 5.41) is 2.31. The van der Waals surface area contributed by atoms with Crippen LogP contribution in [0.15, 0.2) is 11.1 Å². The Balaban J connectivity index is 2.02. The van der Waals surface area contributed by atoms with Crippen molar-refractivity contribution in [2.75, 3.05) is 0 Å². The summed E-state index contributed by atoms with van der Waals surface area (Å²) in [5.74, 6) is 0.765. The van der Waals surface area contributed by atoms with Gasteiger partial charge in [0.15, 0.2) is 0 Å². The molecule has 15 heavy (non-hydrogen) atoms. The molecule has 2 rings (SSSR count). The molecule has 1 saturated carbocycles. The van der Waals surface area contributed by atoms with E-state index < -0.39 is 0 Å². The van der Waals surface area contributed by atoms with Crippen molar-refractivity contribution < 1.29 is 0 Å². The molecule has 0 atom stereocenters. The summed E-state index contributed by atoms with van der Waals surface area (Å²) in [5.41, 5.74) is 0. The largest absolute Gasteiger partial charge is 0.227 e. The van der Waals surface area contributed by atoms with Gasteiger partial charge in [0, 0.05) is 11.3 Å². The number of nitrogens with zero attached hydrogens (tertiary/aromatic N) is 2. The number of rotatable bonds is 2. The predicted molar refractivity (Wildman–Crippen MR) is 64.5 cm³/mol. The van der Waals surface area contributed by atoms with Crippen LogP contribution in [0.4, 0.5) is 0 Å². The highest BCUT2D eigenvalue weighted by atomic mass is 35.5. The third kappa shape index (κ3) is 3.35. The summed E-state index contributed by atoms with van der Waals surface area (Å²) in [7, 11) is 0. The second-order valence-corrected chi connectivity index (χ2v) is 5.66. The molecule has 1 heterocycles. The zero-order valence-corrected chi connectivity index (χ0v) is 10.4. The van der Waals surface area contributed by atoms with E-state index in [0.717, 1.165) is 16.1 Å². The van der Waals surface area contributed by atoms with E-state index in [1.165, 1.54) is 32.1 Å². The van der Waals surface area contributed by atoms with Crippen LogP contribution in [-0.2, 0) is 0 Å². The topological polar surface area (TPSA) is 25.8 Å². The van der Waals surface area contributed by atoms with Crippen molar-refractivity contribution in [3.63, 3.8) is 0 Å². The Morgan fingerprint density at radius 3 is 2.67 bits per heavy atom. The molecule has 82 valence electrons. The molecule has 0 saturated heterocycles. The summed E-state index contributed by atoms with van der Waals surface area (Å²) < 4.78 is 0. The molecule has 0 unspecified atom stereocenters. The normalized spacial score (nSPS) is 18.0. The molecule has 0 aromatic carbocycles. The van der Waals surface area contributed by atoms with Gasteiger partial charge in [-0.15, -0.1) is 11.8 Å². The van der Waals surface area contributed by atoms with Crippen LogP contribution in [-0.4, -0.2) is 15.2 Å². The molecule has 0 bridgehead atoms. The van der Waals surface area contributed by atoms with Crippen molar-refractivity contribution in [1.82, 2.24) is 9.97 Å². The fourth-order valence-corrected chi connectivity index (χ4v) is 3.49. The monoisotopic (exact) mass is 242 g/mol. The van der Waals surface area contributed by atoms with Crippen LogP contribution >= 0.6 is 23.4 Å². The van der Waals surface area contributed by atoms with Crippen LogP contribution in [0.5, 0.6) is 0 Å². The zero-order valence-electron chi connectivity index (χ0n) is 8.87. The van der Waals surface area contributed by atoms with Crippen molar-refractivity contribution in [2.24, 2.45) is 0 Å². The number of thioether (sulfide) groups is 1. The highest BCUT2D eigenvalue weighted by molar-refractivity contribution is 7.99. The first-order chi connectivity index (χ1) is 7.24. The summed E-state index contributed by atoms with van der Waals surface area (Å²) in [6.45, 7) is 1.89. The van der Waals surface area contributed by atoms with E-state index in [1.54, 1.807) is 0 Å². The molecular formula is C11H15ClN2S. The minimum atomic E-state index is 0.556. The van der Waals surface area contributed by atoms with Gasteiger partial charge in [0.05, 0.1) is 0 Å². The molecule has 0 aliphatic heterocycles. The van der Waals surface area contributed by atoms with Crippen molar-refractivity contribution in [3.8, 4) is 0 Å². The standard InChI is InChI=1S/C11H15ClN2S/c1-8-13-10(12)7-11(14-8)15-9-5-3-2-4-6-9/h7,9H,2-6H2,1H3. The second-order valence-electron chi connectivity index (χ2n) is 3.95. The van der Waals surface area contributed by atoms with Gasteiger partial charge in [-0.3, -0.25) is 0 Å². The van der Waals surface area contributed by atoms with Gasteiger partial charge in [-0.1, -0.05) is 30.9 Å². The Bertz CT molecular complexity index is 317. The fourth-order valence-electron chi connectivity index (χ4n) is 1.92. The van der Waals surface area contributed by atoms with Crippen molar-refractivity contribution in [2.45, 2.75) is 49.3 Å². The summed E-state index contributed by atoms with van der Waals surface area (Å²) in [6.07, 6.45) is 6.72. The lowest BCUT2D eigenvalue weighted by Gasteiger charge is -2.20. The van der Waals surface area contributed by atoms with E-state index in [-0.39, 0.29) is 0 Å². The second kappa shape index (κ2) is 5.17. The van der Waals surface area contributed by atoms with Crippen molar-refractivity contribution >= 4 is 23.4 Å². The molecular weight excluding hydrogens is 228 g/mol. The van der Waals surface area contributed by atoms with Crippen LogP contribution in [0.1, 0.15) is 37.9 Å². The molecule has 0 spiro atoms. The van der Waals surface area contributed by atoms with Gasteiger partial charge in [-0.2, -0.15) is 0 Å². The molecule has 4 heteroatoms. The maximum absolute atomic E-state index is 5.90. The minimum absolute atomic E-state index is 0.556. The molecule has 1 aliphatic carbocycles. The van der Waals surface area contributed by atoms with E-state index in [1.807, 2.05) is 24.8 Å². The smallest absolute Gasteiger partial charge is 0.133 e. The Morgan fingerprint density at radius 1 is 1.27 bits per heavy atom. The third-order valence-electron chi connectivity index (χ3n) is 2.62. The maximum atomic E-state index is 5.90. The average Bonchev–Trinajstić information content (AvgIpc) is 2.17. The van der Waals surface area contributed by atoms with Gasteiger partial charge < -0.3 is 0 Å². The number of hydrogen-bond acceptors (Lipinski definition) is 3. The maximum Gasteiger partial charge on any atom is 0.133 e. The molecule has 1 aromatic rings. The van der Waals surface area contributed by atoms with Crippen LogP contribution in [0.2, 0.25) is 5.15 Å². The van der Waals surface area contributed by atoms with Gasteiger partial charge in [0.1, 0.15) is 16.0 Å². The van der Waals surface area contributed by atoms with Crippen LogP contribution in [0.25, 0.3) is 0 Å². The molecule has 2 nitrogen and oxygen atoms in total. The number of halogens is 1. The van der Waals surface area contributed by atoms with Gasteiger partial charge in [0.2, 0.25) is 0 Å². The highest BCUT2D eigenvalue weighted by Gasteiger charge is 2.15. The van der Waals surface area contributed by atoms with E-state index in [4.69, 9.17) is 11.6 Å². The first-order valence-corrected chi connectivity index (χ1v) is 6.67. The molecule has 1 aliphatic rings.